The zero-order valence-electron chi connectivity index (χ0n) is 28.3. The van der Waals surface area contributed by atoms with Crippen LogP contribution < -0.4 is 4.72 Å². The minimum absolute atomic E-state index is 0.0479. The number of benzene rings is 5. The summed E-state index contributed by atoms with van der Waals surface area (Å²) in [6.07, 6.45) is 0.383. The van der Waals surface area contributed by atoms with E-state index >= 15 is 0 Å². The van der Waals surface area contributed by atoms with Crippen LogP contribution in [0.4, 0.5) is 13.2 Å². The molecule has 0 bridgehead atoms. The van der Waals surface area contributed by atoms with E-state index in [-0.39, 0.29) is 37.1 Å². The van der Waals surface area contributed by atoms with E-state index in [0.29, 0.717) is 23.6 Å². The van der Waals surface area contributed by atoms with Gasteiger partial charge in [-0.05, 0) is 46.9 Å². The maximum Gasteiger partial charge on any atom is 0.337 e. The molecule has 0 aromatic heterocycles. The Hall–Kier alpha value is -4.46. The molecule has 2 atom stereocenters. The minimum Gasteiger partial charge on any atom is -0.465 e. The summed E-state index contributed by atoms with van der Waals surface area (Å²) < 4.78 is 83.9. The van der Waals surface area contributed by atoms with E-state index < -0.39 is 44.4 Å². The topological polar surface area (TPSA) is 84.9 Å². The third-order valence-corrected chi connectivity index (χ3v) is 12.3. The number of nitrogens with one attached hydrogen (secondary N) is 1. The molecule has 1 heterocycles. The zero-order valence-corrected chi connectivity index (χ0v) is 29.9. The molecule has 52 heavy (non-hydrogen) atoms. The maximum atomic E-state index is 14.4. The first-order valence-electron chi connectivity index (χ1n) is 16.6. The molecule has 270 valence electrons. The predicted octanol–water partition coefficient (Wildman–Crippen LogP) is 7.61. The van der Waals surface area contributed by atoms with E-state index in [0.717, 1.165) is 22.8 Å². The van der Waals surface area contributed by atoms with E-state index in [4.69, 9.17) is 9.47 Å². The second-order valence-electron chi connectivity index (χ2n) is 12.4. The highest BCUT2D eigenvalue weighted by Crippen LogP contribution is 2.52. The van der Waals surface area contributed by atoms with Crippen LogP contribution in [0.25, 0.3) is 0 Å². The van der Waals surface area contributed by atoms with Gasteiger partial charge in [-0.1, -0.05) is 103 Å². The van der Waals surface area contributed by atoms with Crippen molar-refractivity contribution in [3.8, 4) is 0 Å². The quantitative estimate of drug-likeness (QED) is 0.0716. The minimum atomic E-state index is -4.12. The maximum absolute atomic E-state index is 14.4. The van der Waals surface area contributed by atoms with Gasteiger partial charge in [0.1, 0.15) is 5.82 Å². The first-order valence-corrected chi connectivity index (χ1v) is 18.9. The summed E-state index contributed by atoms with van der Waals surface area (Å²) in [5, 5.41) is -0.245. The third kappa shape index (κ3) is 8.27. The van der Waals surface area contributed by atoms with E-state index in [1.807, 2.05) is 54.6 Å². The van der Waals surface area contributed by atoms with Gasteiger partial charge in [0.15, 0.2) is 11.6 Å². The molecular weight excluding hydrogens is 710 g/mol. The Bertz CT molecular complexity index is 1980. The van der Waals surface area contributed by atoms with Crippen molar-refractivity contribution in [1.82, 2.24) is 9.03 Å². The monoisotopic (exact) mass is 746 g/mol. The number of methoxy groups -OCH3 is 1. The normalized spacial score (nSPS) is 16.5. The SMILES string of the molecule is COC(=O)c1ccc(CNS(=O)(=O)N2CC(SC(c3ccccc3)(c3ccccc3)c3ccccc3)CC2COCc2cc(F)c(F)cc2F)cc1. The number of esters is 1. The molecule has 2 unspecified atom stereocenters. The molecule has 1 saturated heterocycles. The second-order valence-corrected chi connectivity index (χ2v) is 15.6. The van der Waals surface area contributed by atoms with Crippen LogP contribution in [0.3, 0.4) is 0 Å². The number of carbonyl (C=O) groups excluding carboxylic acids is 1. The number of thioether (sulfide) groups is 1. The molecule has 1 aliphatic heterocycles. The molecule has 0 amide bonds. The van der Waals surface area contributed by atoms with Crippen molar-refractivity contribution in [3.63, 3.8) is 0 Å². The summed E-state index contributed by atoms with van der Waals surface area (Å²) in [6.45, 7) is -0.427. The molecule has 5 aromatic carbocycles. The van der Waals surface area contributed by atoms with Crippen LogP contribution in [0.1, 0.15) is 44.6 Å². The van der Waals surface area contributed by atoms with Crippen LogP contribution in [-0.4, -0.2) is 50.2 Å². The highest BCUT2D eigenvalue weighted by atomic mass is 32.2. The lowest BCUT2D eigenvalue weighted by Crippen LogP contribution is -2.45. The molecule has 1 fully saturated rings. The largest absolute Gasteiger partial charge is 0.465 e. The van der Waals surface area contributed by atoms with Crippen LogP contribution in [0.15, 0.2) is 127 Å². The van der Waals surface area contributed by atoms with Gasteiger partial charge in [0.05, 0.1) is 36.7 Å². The third-order valence-electron chi connectivity index (χ3n) is 9.01. The van der Waals surface area contributed by atoms with E-state index in [2.05, 4.69) is 41.1 Å². The fraction of sp³-hybridized carbons (Fsp3) is 0.225. The molecule has 0 saturated carbocycles. The van der Waals surface area contributed by atoms with Gasteiger partial charge in [0, 0.05) is 30.0 Å². The highest BCUT2D eigenvalue weighted by Gasteiger charge is 2.46. The molecule has 0 aliphatic carbocycles. The van der Waals surface area contributed by atoms with Crippen molar-refractivity contribution in [2.24, 2.45) is 0 Å². The molecule has 1 aliphatic rings. The standard InChI is InChI=1S/C40H37F3N2O5S2/c1-49-39(46)29-19-17-28(18-20-29)24-44-52(47,48)45-25-35(22-34(45)27-50-26-30-21-37(42)38(43)23-36(30)41)51-40(31-11-5-2-6-12-31,32-13-7-3-8-14-32)33-15-9-4-10-16-33/h2-21,23,34-35,44H,22,24-27H2,1H3. The Balaban J connectivity index is 1.31. The van der Waals surface area contributed by atoms with Gasteiger partial charge in [-0.3, -0.25) is 0 Å². The first-order chi connectivity index (χ1) is 25.1. The van der Waals surface area contributed by atoms with E-state index in [1.165, 1.54) is 11.4 Å². The number of hydrogen-bond acceptors (Lipinski definition) is 6. The van der Waals surface area contributed by atoms with Crippen molar-refractivity contribution in [2.75, 3.05) is 20.3 Å². The van der Waals surface area contributed by atoms with Crippen molar-refractivity contribution >= 4 is 27.9 Å². The van der Waals surface area contributed by atoms with Crippen molar-refractivity contribution in [2.45, 2.75) is 35.6 Å². The molecule has 6 rings (SSSR count). The van der Waals surface area contributed by atoms with Gasteiger partial charge in [0.25, 0.3) is 10.2 Å². The van der Waals surface area contributed by atoms with Gasteiger partial charge in [-0.15, -0.1) is 11.8 Å². The van der Waals surface area contributed by atoms with Crippen LogP contribution in [0.5, 0.6) is 0 Å². The summed E-state index contributed by atoms with van der Waals surface area (Å²) in [6, 6.07) is 37.1. The average molecular weight is 747 g/mol. The average Bonchev–Trinajstić information content (AvgIpc) is 3.59. The summed E-state index contributed by atoms with van der Waals surface area (Å²) in [4.78, 5) is 11.9. The molecule has 7 nitrogen and oxygen atoms in total. The lowest BCUT2D eigenvalue weighted by Gasteiger charge is -2.37. The van der Waals surface area contributed by atoms with Gasteiger partial charge in [0.2, 0.25) is 0 Å². The molecule has 0 radical (unpaired) electrons. The van der Waals surface area contributed by atoms with E-state index in [1.54, 1.807) is 36.0 Å². The Morgan fingerprint density at radius 2 is 1.35 bits per heavy atom. The molecular formula is C40H37F3N2O5S2. The summed E-state index contributed by atoms with van der Waals surface area (Å²) in [5.74, 6) is -3.97. The number of carbonyl (C=O) groups is 1. The van der Waals surface area contributed by atoms with Crippen molar-refractivity contribution in [1.29, 1.82) is 0 Å². The van der Waals surface area contributed by atoms with Gasteiger partial charge in [-0.25, -0.2) is 18.0 Å². The number of rotatable bonds is 14. The fourth-order valence-corrected chi connectivity index (χ4v) is 9.86. The Labute approximate surface area is 306 Å². The Kier molecular flexibility index (Phi) is 11.8. The van der Waals surface area contributed by atoms with Crippen molar-refractivity contribution in [3.05, 3.63) is 178 Å². The van der Waals surface area contributed by atoms with Crippen LogP contribution in [-0.2, 0) is 37.6 Å². The Morgan fingerprint density at radius 3 is 1.88 bits per heavy atom. The van der Waals surface area contributed by atoms with Gasteiger partial charge < -0.3 is 9.47 Å². The zero-order chi connectivity index (χ0) is 36.7. The lowest BCUT2D eigenvalue weighted by molar-refractivity contribution is 0.0600. The van der Waals surface area contributed by atoms with Gasteiger partial charge in [-0.2, -0.15) is 17.4 Å². The number of halogens is 3. The molecule has 12 heteroatoms. The Morgan fingerprint density at radius 1 is 0.808 bits per heavy atom. The number of ether oxygens (including phenoxy) is 2. The van der Waals surface area contributed by atoms with Crippen LogP contribution in [0.2, 0.25) is 0 Å². The molecule has 5 aromatic rings. The van der Waals surface area contributed by atoms with Crippen molar-refractivity contribution < 1.29 is 35.9 Å². The number of nitrogens with zero attached hydrogens (tertiary/aromatic N) is 1. The second kappa shape index (κ2) is 16.5. The predicted molar refractivity (Wildman–Crippen MR) is 195 cm³/mol. The first kappa shape index (κ1) is 37.3. The fourth-order valence-electron chi connectivity index (χ4n) is 6.46. The molecule has 1 N–H and O–H groups in total. The number of hydrogen-bond donors (Lipinski definition) is 1. The summed E-state index contributed by atoms with van der Waals surface area (Å²) in [5.41, 5.74) is 3.85. The smallest absolute Gasteiger partial charge is 0.337 e. The van der Waals surface area contributed by atoms with Crippen LogP contribution >= 0.6 is 11.8 Å². The van der Waals surface area contributed by atoms with E-state index in [9.17, 15) is 26.4 Å². The van der Waals surface area contributed by atoms with Crippen LogP contribution in [0, 0.1) is 17.5 Å². The highest BCUT2D eigenvalue weighted by molar-refractivity contribution is 8.01. The lowest BCUT2D eigenvalue weighted by atomic mass is 9.84. The summed E-state index contributed by atoms with van der Waals surface area (Å²) >= 11 is 1.65. The van der Waals surface area contributed by atoms with Gasteiger partial charge >= 0.3 is 5.97 Å². The summed E-state index contributed by atoms with van der Waals surface area (Å²) in [7, 11) is -2.84. The molecule has 0 spiro atoms.